The predicted octanol–water partition coefficient (Wildman–Crippen LogP) is 3.51. The van der Waals surface area contributed by atoms with E-state index in [9.17, 15) is 18.0 Å². The Hall–Kier alpha value is -3.77. The van der Waals surface area contributed by atoms with Crippen LogP contribution in [0.5, 0.6) is 0 Å². The zero-order chi connectivity index (χ0) is 27.4. The third-order valence-electron chi connectivity index (χ3n) is 6.19. The highest BCUT2D eigenvalue weighted by atomic mass is 35.5. The number of rotatable bonds is 5. The summed E-state index contributed by atoms with van der Waals surface area (Å²) < 4.78 is 27.3. The first-order valence-corrected chi connectivity index (χ1v) is 13.5. The third-order valence-corrected chi connectivity index (χ3v) is 7.67. The third kappa shape index (κ3) is 4.33. The molecule has 0 unspecified atom stereocenters. The summed E-state index contributed by atoms with van der Waals surface area (Å²) in [6.07, 6.45) is 1.12. The Morgan fingerprint density at radius 1 is 0.974 bits per heavy atom. The average molecular weight is 571 g/mol. The number of nitrogens with two attached hydrogens (primary N) is 1. The lowest BCUT2D eigenvalue weighted by atomic mass is 10.2. The van der Waals surface area contributed by atoms with Gasteiger partial charge in [-0.3, -0.25) is 23.5 Å². The Bertz CT molecular complexity index is 1930. The van der Waals surface area contributed by atoms with E-state index in [0.717, 1.165) is 10.8 Å². The van der Waals surface area contributed by atoms with Crippen LogP contribution in [0.3, 0.4) is 0 Å². The van der Waals surface area contributed by atoms with Crippen molar-refractivity contribution in [3.8, 4) is 17.1 Å². The number of aromatic nitrogens is 5. The monoisotopic (exact) mass is 570 g/mol. The van der Waals surface area contributed by atoms with Gasteiger partial charge in [0.15, 0.2) is 11.2 Å². The molecule has 5 rings (SSSR count). The van der Waals surface area contributed by atoms with Crippen molar-refractivity contribution in [3.05, 3.63) is 103 Å². The van der Waals surface area contributed by atoms with Crippen molar-refractivity contribution in [2.75, 3.05) is 0 Å². The van der Waals surface area contributed by atoms with Gasteiger partial charge in [-0.05, 0) is 55.5 Å². The molecule has 0 fully saturated rings. The van der Waals surface area contributed by atoms with E-state index in [4.69, 9.17) is 33.3 Å². The molecular formula is C25H20Cl2N6O4S. The Balaban J connectivity index is 1.86. The highest BCUT2D eigenvalue weighted by Crippen LogP contribution is 2.32. The smallest absolute Gasteiger partial charge is 0.286 e. The van der Waals surface area contributed by atoms with Gasteiger partial charge in [0.25, 0.3) is 5.56 Å². The summed E-state index contributed by atoms with van der Waals surface area (Å²) in [4.78, 5) is 35.8. The molecule has 10 nitrogen and oxygen atoms in total. The summed E-state index contributed by atoms with van der Waals surface area (Å²) >= 11 is 12.6. The molecular weight excluding hydrogens is 551 g/mol. The molecule has 0 saturated heterocycles. The van der Waals surface area contributed by atoms with Crippen LogP contribution >= 0.6 is 23.2 Å². The molecule has 0 amide bonds. The Morgan fingerprint density at radius 2 is 1.66 bits per heavy atom. The number of fused-ring (bicyclic) bond motifs is 1. The van der Waals surface area contributed by atoms with Crippen LogP contribution in [-0.4, -0.2) is 32.1 Å². The van der Waals surface area contributed by atoms with Crippen molar-refractivity contribution in [2.45, 2.75) is 17.9 Å². The fraction of sp³-hybridized carbons (Fsp3) is 0.120. The summed E-state index contributed by atoms with van der Waals surface area (Å²) in [5.41, 5.74) is 0.539. The molecule has 0 radical (unpaired) electrons. The summed E-state index contributed by atoms with van der Waals surface area (Å²) in [5.74, 6) is 0.342. The first-order valence-electron chi connectivity index (χ1n) is 11.2. The van der Waals surface area contributed by atoms with E-state index in [1.807, 2.05) is 0 Å². The number of nitrogens with zero attached hydrogens (tertiary/aromatic N) is 5. The highest BCUT2D eigenvalue weighted by molar-refractivity contribution is 7.89. The van der Waals surface area contributed by atoms with E-state index in [2.05, 4.69) is 4.98 Å². The Labute approximate surface area is 226 Å². The lowest BCUT2D eigenvalue weighted by Gasteiger charge is -2.17. The first-order chi connectivity index (χ1) is 18.0. The fourth-order valence-corrected chi connectivity index (χ4v) is 5.02. The maximum absolute atomic E-state index is 13.5. The van der Waals surface area contributed by atoms with Gasteiger partial charge in [-0.2, -0.15) is 0 Å². The lowest BCUT2D eigenvalue weighted by Crippen LogP contribution is -2.40. The van der Waals surface area contributed by atoms with Gasteiger partial charge in [-0.25, -0.2) is 23.3 Å². The zero-order valence-electron chi connectivity index (χ0n) is 20.0. The van der Waals surface area contributed by atoms with E-state index in [1.54, 1.807) is 60.0 Å². The SMILES string of the molecule is C[C@@H](c1ccc(S(N)(=O)=O)cn1)n1c(=O)n(C)c(=O)c2c1nc(-c1ccccc1Cl)n2-c1ccc(Cl)cc1. The predicted molar refractivity (Wildman–Crippen MR) is 145 cm³/mol. The summed E-state index contributed by atoms with van der Waals surface area (Å²) in [6, 6.07) is 15.9. The van der Waals surface area contributed by atoms with Gasteiger partial charge in [-0.15, -0.1) is 0 Å². The molecule has 2 N–H and O–H groups in total. The van der Waals surface area contributed by atoms with Gasteiger partial charge >= 0.3 is 5.69 Å². The van der Waals surface area contributed by atoms with Crippen LogP contribution in [0, 0.1) is 0 Å². The first kappa shape index (κ1) is 25.9. The Kier molecular flexibility index (Phi) is 6.48. The molecule has 0 aliphatic heterocycles. The second-order valence-corrected chi connectivity index (χ2v) is 11.0. The van der Waals surface area contributed by atoms with E-state index in [0.29, 0.717) is 32.8 Å². The van der Waals surface area contributed by atoms with Crippen molar-refractivity contribution < 1.29 is 8.42 Å². The molecule has 0 aliphatic rings. The highest BCUT2D eigenvalue weighted by Gasteiger charge is 2.26. The van der Waals surface area contributed by atoms with Crippen LogP contribution in [0.1, 0.15) is 18.7 Å². The maximum atomic E-state index is 13.5. The summed E-state index contributed by atoms with van der Waals surface area (Å²) in [7, 11) is -2.58. The van der Waals surface area contributed by atoms with E-state index in [1.165, 1.54) is 23.7 Å². The number of benzene rings is 2. The molecule has 0 saturated carbocycles. The molecule has 2 aromatic carbocycles. The number of hydrogen-bond acceptors (Lipinski definition) is 6. The molecule has 194 valence electrons. The number of halogens is 2. The average Bonchev–Trinajstić information content (AvgIpc) is 3.27. The molecule has 1 atom stereocenters. The van der Waals surface area contributed by atoms with Gasteiger partial charge in [-0.1, -0.05) is 35.3 Å². The molecule has 0 aliphatic carbocycles. The molecule has 5 aromatic rings. The maximum Gasteiger partial charge on any atom is 0.333 e. The number of pyridine rings is 1. The number of primary sulfonamides is 1. The van der Waals surface area contributed by atoms with Crippen molar-refractivity contribution in [1.29, 1.82) is 0 Å². The molecule has 3 aromatic heterocycles. The van der Waals surface area contributed by atoms with Crippen molar-refractivity contribution in [1.82, 2.24) is 23.7 Å². The van der Waals surface area contributed by atoms with Crippen molar-refractivity contribution >= 4 is 44.4 Å². The second kappa shape index (κ2) is 9.52. The van der Waals surface area contributed by atoms with Gasteiger partial charge in [0.1, 0.15) is 10.7 Å². The fourth-order valence-electron chi connectivity index (χ4n) is 4.22. The largest absolute Gasteiger partial charge is 0.333 e. The van der Waals surface area contributed by atoms with Crippen LogP contribution < -0.4 is 16.4 Å². The van der Waals surface area contributed by atoms with Gasteiger partial charge in [0, 0.05) is 29.5 Å². The van der Waals surface area contributed by atoms with Crippen LogP contribution in [0.4, 0.5) is 0 Å². The van der Waals surface area contributed by atoms with Crippen LogP contribution in [0.25, 0.3) is 28.2 Å². The van der Waals surface area contributed by atoms with E-state index < -0.39 is 27.3 Å². The lowest BCUT2D eigenvalue weighted by molar-refractivity contribution is 0.566. The number of hydrogen-bond donors (Lipinski definition) is 1. The van der Waals surface area contributed by atoms with E-state index >= 15 is 0 Å². The van der Waals surface area contributed by atoms with Gasteiger partial charge in [0.2, 0.25) is 10.0 Å². The topological polar surface area (TPSA) is 135 Å². The minimum atomic E-state index is -3.95. The molecule has 0 spiro atoms. The Morgan fingerprint density at radius 3 is 2.26 bits per heavy atom. The van der Waals surface area contributed by atoms with Gasteiger partial charge in [0.05, 0.1) is 16.8 Å². The van der Waals surface area contributed by atoms with Crippen molar-refractivity contribution in [3.63, 3.8) is 0 Å². The minimum absolute atomic E-state index is 0.104. The molecule has 3 heterocycles. The number of imidazole rings is 1. The summed E-state index contributed by atoms with van der Waals surface area (Å²) in [6.45, 7) is 1.70. The van der Waals surface area contributed by atoms with Crippen LogP contribution in [0.2, 0.25) is 10.0 Å². The van der Waals surface area contributed by atoms with E-state index in [-0.39, 0.29) is 16.1 Å². The second-order valence-electron chi connectivity index (χ2n) is 8.56. The number of sulfonamides is 1. The van der Waals surface area contributed by atoms with Crippen LogP contribution in [0.15, 0.2) is 81.3 Å². The standard InChI is InChI=1S/C25H20Cl2N6O4S/c1-14(20-12-11-17(13-29-20)38(28,36)37)32-23-21(24(34)31(2)25(32)35)33(16-9-7-15(26)8-10-16)22(30-23)18-5-3-4-6-19(18)27/h3-14H,1-2H3,(H2,28,36,37)/t14-/m0/s1. The van der Waals surface area contributed by atoms with Crippen LogP contribution in [-0.2, 0) is 17.1 Å². The normalized spacial score (nSPS) is 12.7. The zero-order valence-corrected chi connectivity index (χ0v) is 22.4. The van der Waals surface area contributed by atoms with Gasteiger partial charge < -0.3 is 0 Å². The molecule has 13 heteroatoms. The summed E-state index contributed by atoms with van der Waals surface area (Å²) in [5, 5.41) is 6.09. The minimum Gasteiger partial charge on any atom is -0.286 e. The quantitative estimate of drug-likeness (QED) is 0.343. The molecule has 38 heavy (non-hydrogen) atoms. The van der Waals surface area contributed by atoms with Crippen molar-refractivity contribution in [2.24, 2.45) is 12.2 Å². The molecule has 0 bridgehead atoms.